The Bertz CT molecular complexity index is 502. The maximum absolute atomic E-state index is 9.30. The second kappa shape index (κ2) is 5.26. The molecule has 0 spiro atoms. The zero-order valence-electron chi connectivity index (χ0n) is 9.34. The fourth-order valence-electron chi connectivity index (χ4n) is 1.38. The Labute approximate surface area is 102 Å². The largest absolute Gasteiger partial charge is 0.394 e. The number of thiophene rings is 1. The summed E-state index contributed by atoms with van der Waals surface area (Å²) in [6.45, 7) is -0.0225. The smallest absolute Gasteiger partial charge is 0.225 e. The first-order chi connectivity index (χ1) is 8.24. The van der Waals surface area contributed by atoms with Crippen LogP contribution in [0.3, 0.4) is 0 Å². The number of nitrogens with one attached hydrogen (secondary N) is 2. The molecule has 2 aromatic rings. The van der Waals surface area contributed by atoms with Crippen molar-refractivity contribution >= 4 is 33.3 Å². The van der Waals surface area contributed by atoms with Crippen molar-refractivity contribution in [1.29, 1.82) is 0 Å². The number of fused-ring (bicyclic) bond motifs is 1. The molecule has 0 aliphatic carbocycles. The van der Waals surface area contributed by atoms with Gasteiger partial charge in [0.1, 0.15) is 10.6 Å². The monoisotopic (exact) mass is 254 g/mol. The summed E-state index contributed by atoms with van der Waals surface area (Å²) in [6.07, 6.45) is -0.795. The highest BCUT2D eigenvalue weighted by molar-refractivity contribution is 7.16. The lowest BCUT2D eigenvalue weighted by Gasteiger charge is -2.11. The number of anilines is 2. The van der Waals surface area contributed by atoms with Crippen molar-refractivity contribution < 1.29 is 10.2 Å². The van der Waals surface area contributed by atoms with Gasteiger partial charge < -0.3 is 20.8 Å². The highest BCUT2D eigenvalue weighted by Crippen LogP contribution is 2.26. The summed E-state index contributed by atoms with van der Waals surface area (Å²) in [5, 5.41) is 26.8. The fourth-order valence-corrected chi connectivity index (χ4v) is 2.14. The number of aliphatic hydroxyl groups is 2. The van der Waals surface area contributed by atoms with Gasteiger partial charge in [-0.05, 0) is 11.4 Å². The van der Waals surface area contributed by atoms with Crippen molar-refractivity contribution in [2.24, 2.45) is 0 Å². The molecule has 17 heavy (non-hydrogen) atoms. The Morgan fingerprint density at radius 1 is 1.47 bits per heavy atom. The summed E-state index contributed by atoms with van der Waals surface area (Å²) < 4.78 is 0. The standard InChI is InChI=1S/C10H14N4O2S/c1-11-10-13-8(12-4-6(16)5-15)7-2-3-17-9(7)14-10/h2-3,6,15-16H,4-5H2,1H3,(H2,11,12,13,14). The van der Waals surface area contributed by atoms with Crippen LogP contribution in [0.5, 0.6) is 0 Å². The summed E-state index contributed by atoms with van der Waals surface area (Å²) in [6, 6.07) is 1.92. The van der Waals surface area contributed by atoms with Crippen molar-refractivity contribution in [1.82, 2.24) is 9.97 Å². The van der Waals surface area contributed by atoms with E-state index in [9.17, 15) is 5.11 Å². The molecule has 0 saturated heterocycles. The predicted octanol–water partition coefficient (Wildman–Crippen LogP) is 0.498. The van der Waals surface area contributed by atoms with Crippen LogP contribution in [-0.4, -0.2) is 46.5 Å². The van der Waals surface area contributed by atoms with E-state index in [1.165, 1.54) is 11.3 Å². The molecule has 2 rings (SSSR count). The Morgan fingerprint density at radius 3 is 3.00 bits per heavy atom. The Balaban J connectivity index is 2.27. The normalized spacial score (nSPS) is 12.6. The van der Waals surface area contributed by atoms with Gasteiger partial charge in [-0.15, -0.1) is 11.3 Å². The average molecular weight is 254 g/mol. The van der Waals surface area contributed by atoms with Crippen molar-refractivity contribution in [3.05, 3.63) is 11.4 Å². The van der Waals surface area contributed by atoms with Gasteiger partial charge in [-0.25, -0.2) is 4.98 Å². The van der Waals surface area contributed by atoms with Gasteiger partial charge in [-0.1, -0.05) is 0 Å². The molecule has 92 valence electrons. The van der Waals surface area contributed by atoms with Gasteiger partial charge >= 0.3 is 0 Å². The Morgan fingerprint density at radius 2 is 2.29 bits per heavy atom. The van der Waals surface area contributed by atoms with E-state index in [0.29, 0.717) is 11.8 Å². The number of hydrogen-bond donors (Lipinski definition) is 4. The first kappa shape index (κ1) is 12.0. The lowest BCUT2D eigenvalue weighted by atomic mass is 10.3. The van der Waals surface area contributed by atoms with Crippen LogP contribution in [0.1, 0.15) is 0 Å². The summed E-state index contributed by atoms with van der Waals surface area (Å²) in [4.78, 5) is 9.46. The van der Waals surface area contributed by atoms with Gasteiger partial charge in [0.15, 0.2) is 0 Å². The highest BCUT2D eigenvalue weighted by Gasteiger charge is 2.09. The van der Waals surface area contributed by atoms with Gasteiger partial charge in [0, 0.05) is 13.6 Å². The van der Waals surface area contributed by atoms with Crippen molar-refractivity contribution in [3.63, 3.8) is 0 Å². The molecule has 0 radical (unpaired) electrons. The van der Waals surface area contributed by atoms with Crippen molar-refractivity contribution in [2.45, 2.75) is 6.10 Å². The third-order valence-electron chi connectivity index (χ3n) is 2.26. The van der Waals surface area contributed by atoms with E-state index in [4.69, 9.17) is 5.11 Å². The highest BCUT2D eigenvalue weighted by atomic mass is 32.1. The summed E-state index contributed by atoms with van der Waals surface area (Å²) in [5.41, 5.74) is 0. The molecule has 1 unspecified atom stereocenters. The van der Waals surface area contributed by atoms with Gasteiger partial charge in [0.05, 0.1) is 18.1 Å². The molecule has 1 atom stereocenters. The fraction of sp³-hybridized carbons (Fsp3) is 0.400. The number of aromatic nitrogens is 2. The molecule has 0 fully saturated rings. The molecule has 2 heterocycles. The third-order valence-corrected chi connectivity index (χ3v) is 3.07. The molecule has 7 heteroatoms. The molecule has 0 bridgehead atoms. The molecule has 2 aromatic heterocycles. The summed E-state index contributed by atoms with van der Waals surface area (Å²) in [7, 11) is 1.75. The molecular weight excluding hydrogens is 240 g/mol. The minimum absolute atomic E-state index is 0.252. The van der Waals surface area contributed by atoms with Gasteiger partial charge in [0.25, 0.3) is 0 Å². The molecule has 4 N–H and O–H groups in total. The number of rotatable bonds is 5. The number of aliphatic hydroxyl groups excluding tert-OH is 2. The van der Waals surface area contributed by atoms with Crippen LogP contribution in [0.25, 0.3) is 10.2 Å². The van der Waals surface area contributed by atoms with E-state index in [2.05, 4.69) is 20.6 Å². The average Bonchev–Trinajstić information content (AvgIpc) is 2.83. The van der Waals surface area contributed by atoms with E-state index >= 15 is 0 Å². The third kappa shape index (κ3) is 2.63. The topological polar surface area (TPSA) is 90.3 Å². The zero-order chi connectivity index (χ0) is 12.3. The van der Waals surface area contributed by atoms with E-state index in [0.717, 1.165) is 10.2 Å². The predicted molar refractivity (Wildman–Crippen MR) is 68.5 cm³/mol. The molecule has 0 aliphatic rings. The van der Waals surface area contributed by atoms with E-state index in [-0.39, 0.29) is 13.2 Å². The van der Waals surface area contributed by atoms with Crippen LogP contribution in [0.2, 0.25) is 0 Å². The number of hydrogen-bond acceptors (Lipinski definition) is 7. The molecule has 0 aliphatic heterocycles. The summed E-state index contributed by atoms with van der Waals surface area (Å²) in [5.74, 6) is 1.19. The van der Waals surface area contributed by atoms with Crippen LogP contribution in [0.15, 0.2) is 11.4 Å². The first-order valence-electron chi connectivity index (χ1n) is 5.20. The minimum Gasteiger partial charge on any atom is -0.394 e. The first-order valence-corrected chi connectivity index (χ1v) is 6.08. The van der Waals surface area contributed by atoms with E-state index in [1.807, 2.05) is 11.4 Å². The molecule has 0 saturated carbocycles. The van der Waals surface area contributed by atoms with Crippen LogP contribution in [0, 0.1) is 0 Å². The van der Waals surface area contributed by atoms with Crippen molar-refractivity contribution in [3.8, 4) is 0 Å². The quantitative estimate of drug-likeness (QED) is 0.621. The molecular formula is C10H14N4O2S. The molecule has 6 nitrogen and oxygen atoms in total. The van der Waals surface area contributed by atoms with Crippen molar-refractivity contribution in [2.75, 3.05) is 30.8 Å². The Hall–Kier alpha value is -1.44. The van der Waals surface area contributed by atoms with Crippen LogP contribution < -0.4 is 10.6 Å². The van der Waals surface area contributed by atoms with Gasteiger partial charge in [0.2, 0.25) is 5.95 Å². The zero-order valence-corrected chi connectivity index (χ0v) is 10.2. The SMILES string of the molecule is CNc1nc(NCC(O)CO)c2ccsc2n1. The lowest BCUT2D eigenvalue weighted by molar-refractivity contribution is 0.105. The number of nitrogens with zero attached hydrogens (tertiary/aromatic N) is 2. The van der Waals surface area contributed by atoms with Crippen LogP contribution in [0.4, 0.5) is 11.8 Å². The minimum atomic E-state index is -0.795. The molecule has 0 aromatic carbocycles. The summed E-state index contributed by atoms with van der Waals surface area (Å²) >= 11 is 1.53. The second-order valence-electron chi connectivity index (χ2n) is 3.50. The van der Waals surface area contributed by atoms with E-state index in [1.54, 1.807) is 7.05 Å². The lowest BCUT2D eigenvalue weighted by Crippen LogP contribution is -2.23. The van der Waals surface area contributed by atoms with Gasteiger partial charge in [-0.2, -0.15) is 4.98 Å². The van der Waals surface area contributed by atoms with Crippen LogP contribution in [-0.2, 0) is 0 Å². The van der Waals surface area contributed by atoms with Crippen LogP contribution >= 0.6 is 11.3 Å². The second-order valence-corrected chi connectivity index (χ2v) is 4.40. The molecule has 0 amide bonds. The van der Waals surface area contributed by atoms with E-state index < -0.39 is 6.10 Å². The maximum Gasteiger partial charge on any atom is 0.225 e. The van der Waals surface area contributed by atoms with Gasteiger partial charge in [-0.3, -0.25) is 0 Å². The Kier molecular flexibility index (Phi) is 3.72. The maximum atomic E-state index is 9.30.